The fourth-order valence-electron chi connectivity index (χ4n) is 4.96. The Morgan fingerprint density at radius 2 is 1.83 bits per heavy atom. The molecule has 0 saturated carbocycles. The molecule has 1 fully saturated rings. The molecule has 5 nitrogen and oxygen atoms in total. The minimum absolute atomic E-state index is 0.0270. The van der Waals surface area contributed by atoms with Crippen LogP contribution in [0.4, 0.5) is 0 Å². The van der Waals surface area contributed by atoms with Crippen LogP contribution in [-0.2, 0) is 17.6 Å². The Hall–Kier alpha value is -2.57. The maximum Gasteiger partial charge on any atom is 0.137 e. The van der Waals surface area contributed by atoms with Gasteiger partial charge in [-0.05, 0) is 65.3 Å². The third-order valence-corrected chi connectivity index (χ3v) is 7.31. The van der Waals surface area contributed by atoms with Gasteiger partial charge in [-0.1, -0.05) is 61.0 Å². The lowest BCUT2D eigenvalue weighted by Crippen LogP contribution is -2.40. The fraction of sp³-hybridized carbons (Fsp3) is 0.379. The van der Waals surface area contributed by atoms with E-state index >= 15 is 0 Å². The van der Waals surface area contributed by atoms with Crippen LogP contribution in [0.5, 0.6) is 11.5 Å². The maximum atomic E-state index is 10.7. The van der Waals surface area contributed by atoms with Crippen molar-refractivity contribution in [1.29, 1.82) is 0 Å². The molecule has 184 valence electrons. The number of ether oxygens (including phenoxy) is 3. The van der Waals surface area contributed by atoms with Gasteiger partial charge in [0.05, 0.1) is 18.8 Å². The molecular weight excluding hydrogens is 464 g/mol. The van der Waals surface area contributed by atoms with E-state index in [2.05, 4.69) is 6.07 Å². The van der Waals surface area contributed by atoms with E-state index in [1.165, 1.54) is 5.56 Å². The molecule has 2 heterocycles. The summed E-state index contributed by atoms with van der Waals surface area (Å²) in [5.41, 5.74) is 4.17. The van der Waals surface area contributed by atoms with Crippen LogP contribution >= 0.6 is 11.6 Å². The van der Waals surface area contributed by atoms with Gasteiger partial charge in [-0.2, -0.15) is 0 Å². The van der Waals surface area contributed by atoms with Crippen molar-refractivity contribution in [3.05, 3.63) is 94.0 Å². The SMILES string of the molecule is C[C@H]1C[C@@H](CO)O[C@@H](c2ccc(Cl)c(Cc3ccc(OCC4Cc5ccccc5O4)cc3)c2)[C@@H]1O. The topological polar surface area (TPSA) is 68.2 Å². The third kappa shape index (κ3) is 5.49. The predicted molar refractivity (Wildman–Crippen MR) is 135 cm³/mol. The van der Waals surface area contributed by atoms with Crippen LogP contribution in [0.2, 0.25) is 5.02 Å². The summed E-state index contributed by atoms with van der Waals surface area (Å²) in [7, 11) is 0. The van der Waals surface area contributed by atoms with Gasteiger partial charge in [0.2, 0.25) is 0 Å². The summed E-state index contributed by atoms with van der Waals surface area (Å²) in [4.78, 5) is 0. The summed E-state index contributed by atoms with van der Waals surface area (Å²) in [5, 5.41) is 20.9. The van der Waals surface area contributed by atoms with Crippen LogP contribution in [0.15, 0.2) is 66.7 Å². The van der Waals surface area contributed by atoms with Crippen LogP contribution in [0.25, 0.3) is 0 Å². The van der Waals surface area contributed by atoms with Crippen LogP contribution in [0, 0.1) is 5.92 Å². The predicted octanol–water partition coefficient (Wildman–Crippen LogP) is 5.13. The van der Waals surface area contributed by atoms with Gasteiger partial charge in [0.25, 0.3) is 0 Å². The van der Waals surface area contributed by atoms with E-state index < -0.39 is 12.2 Å². The zero-order valence-electron chi connectivity index (χ0n) is 19.8. The summed E-state index contributed by atoms with van der Waals surface area (Å²) < 4.78 is 17.9. The van der Waals surface area contributed by atoms with Gasteiger partial charge < -0.3 is 24.4 Å². The molecule has 0 aromatic heterocycles. The number of hydrogen-bond donors (Lipinski definition) is 2. The normalized spacial score (nSPS) is 25.7. The number of aliphatic hydroxyl groups is 2. The van der Waals surface area contributed by atoms with Crippen molar-refractivity contribution in [2.24, 2.45) is 5.92 Å². The first kappa shape index (κ1) is 24.1. The molecule has 2 aliphatic rings. The van der Waals surface area contributed by atoms with Gasteiger partial charge >= 0.3 is 0 Å². The second kappa shape index (κ2) is 10.6. The number of fused-ring (bicyclic) bond motifs is 1. The molecule has 3 aromatic rings. The van der Waals surface area contributed by atoms with E-state index in [0.29, 0.717) is 24.5 Å². The minimum atomic E-state index is -0.625. The van der Waals surface area contributed by atoms with Crippen LogP contribution in [-0.4, -0.2) is 41.7 Å². The van der Waals surface area contributed by atoms with Crippen molar-refractivity contribution in [3.63, 3.8) is 0 Å². The Kier molecular flexibility index (Phi) is 7.30. The molecule has 0 aliphatic carbocycles. The van der Waals surface area contributed by atoms with Crippen molar-refractivity contribution in [2.45, 2.75) is 50.6 Å². The first-order valence-corrected chi connectivity index (χ1v) is 12.6. The highest BCUT2D eigenvalue weighted by Gasteiger charge is 2.36. The van der Waals surface area contributed by atoms with Crippen molar-refractivity contribution in [3.8, 4) is 11.5 Å². The Labute approximate surface area is 211 Å². The number of benzene rings is 3. The van der Waals surface area contributed by atoms with Gasteiger partial charge in [0.1, 0.15) is 30.3 Å². The van der Waals surface area contributed by atoms with Crippen molar-refractivity contribution < 1.29 is 24.4 Å². The van der Waals surface area contributed by atoms with Crippen molar-refractivity contribution in [2.75, 3.05) is 13.2 Å². The molecule has 0 bridgehead atoms. The van der Waals surface area contributed by atoms with E-state index in [1.54, 1.807) is 0 Å². The van der Waals surface area contributed by atoms with Gasteiger partial charge in [-0.3, -0.25) is 0 Å². The average Bonchev–Trinajstić information content (AvgIpc) is 3.30. The quantitative estimate of drug-likeness (QED) is 0.476. The molecule has 5 rings (SSSR count). The second-order valence-corrected chi connectivity index (χ2v) is 10.0. The van der Waals surface area contributed by atoms with Crippen LogP contribution < -0.4 is 9.47 Å². The first-order chi connectivity index (χ1) is 17.0. The van der Waals surface area contributed by atoms with E-state index in [4.69, 9.17) is 25.8 Å². The zero-order valence-corrected chi connectivity index (χ0v) is 20.5. The molecule has 2 aliphatic heterocycles. The summed E-state index contributed by atoms with van der Waals surface area (Å²) in [6.07, 6.45) is 0.804. The molecule has 0 spiro atoms. The fourth-order valence-corrected chi connectivity index (χ4v) is 5.14. The van der Waals surface area contributed by atoms with Gasteiger partial charge in [-0.25, -0.2) is 0 Å². The molecule has 1 unspecified atom stereocenters. The lowest BCUT2D eigenvalue weighted by atomic mass is 9.86. The lowest BCUT2D eigenvalue weighted by molar-refractivity contribution is -0.154. The van der Waals surface area contributed by atoms with E-state index in [1.807, 2.05) is 67.6 Å². The summed E-state index contributed by atoms with van der Waals surface area (Å²) in [6, 6.07) is 21.9. The highest BCUT2D eigenvalue weighted by atomic mass is 35.5. The third-order valence-electron chi connectivity index (χ3n) is 6.94. The molecule has 1 saturated heterocycles. The highest BCUT2D eigenvalue weighted by molar-refractivity contribution is 6.31. The molecule has 35 heavy (non-hydrogen) atoms. The van der Waals surface area contributed by atoms with Crippen molar-refractivity contribution in [1.82, 2.24) is 0 Å². The van der Waals surface area contributed by atoms with E-state index in [0.717, 1.165) is 34.6 Å². The zero-order chi connectivity index (χ0) is 24.4. The van der Waals surface area contributed by atoms with Gasteiger partial charge in [-0.15, -0.1) is 0 Å². The number of hydrogen-bond acceptors (Lipinski definition) is 5. The number of para-hydroxylation sites is 1. The summed E-state index contributed by atoms with van der Waals surface area (Å²) >= 11 is 6.52. The number of aliphatic hydroxyl groups excluding tert-OH is 2. The Balaban J connectivity index is 1.22. The molecule has 6 heteroatoms. The molecule has 2 N–H and O–H groups in total. The number of halogens is 1. The van der Waals surface area contributed by atoms with Crippen molar-refractivity contribution >= 4 is 11.6 Å². The highest BCUT2D eigenvalue weighted by Crippen LogP contribution is 2.36. The maximum absolute atomic E-state index is 10.7. The lowest BCUT2D eigenvalue weighted by Gasteiger charge is -2.38. The van der Waals surface area contributed by atoms with Crippen LogP contribution in [0.1, 0.15) is 41.7 Å². The monoisotopic (exact) mass is 494 g/mol. The van der Waals surface area contributed by atoms with E-state index in [-0.39, 0.29) is 24.7 Å². The molecular formula is C29H31ClO5. The standard InChI is InChI=1S/C29H31ClO5/c1-18-12-24(16-31)35-29(28(18)32)21-8-11-26(30)22(14-21)13-19-6-9-23(10-7-19)33-17-25-15-20-4-2-3-5-27(20)34-25/h2-11,14,18,24-25,28-29,31-32H,12-13,15-17H2,1H3/t18-,24-,25?,28+,29-/m0/s1. The Morgan fingerprint density at radius 3 is 2.60 bits per heavy atom. The van der Waals surface area contributed by atoms with Gasteiger partial charge in [0.15, 0.2) is 0 Å². The molecule has 0 radical (unpaired) electrons. The van der Waals surface area contributed by atoms with Crippen LogP contribution in [0.3, 0.4) is 0 Å². The molecule has 0 amide bonds. The Bertz CT molecular complexity index is 1120. The molecule has 3 aromatic carbocycles. The average molecular weight is 495 g/mol. The Morgan fingerprint density at radius 1 is 1.03 bits per heavy atom. The second-order valence-electron chi connectivity index (χ2n) is 9.60. The smallest absolute Gasteiger partial charge is 0.137 e. The summed E-state index contributed by atoms with van der Waals surface area (Å²) in [5.74, 6) is 1.79. The largest absolute Gasteiger partial charge is 0.490 e. The number of rotatable bonds is 7. The minimum Gasteiger partial charge on any atom is -0.490 e. The summed E-state index contributed by atoms with van der Waals surface area (Å²) in [6.45, 7) is 2.43. The van der Waals surface area contributed by atoms with E-state index in [9.17, 15) is 10.2 Å². The first-order valence-electron chi connectivity index (χ1n) is 12.2. The van der Waals surface area contributed by atoms with Gasteiger partial charge in [0, 0.05) is 11.4 Å². The molecule has 5 atom stereocenters.